The molecule has 0 spiro atoms. The lowest BCUT2D eigenvalue weighted by Crippen LogP contribution is -2.43. The molecule has 2 aliphatic rings. The number of para-hydroxylation sites is 2. The van der Waals surface area contributed by atoms with Crippen molar-refractivity contribution in [3.8, 4) is 5.75 Å². The number of nitrogens with one attached hydrogen (secondary N) is 1. The van der Waals surface area contributed by atoms with Crippen LogP contribution in [0.25, 0.3) is 0 Å². The minimum Gasteiger partial charge on any atom is -0.491 e. The van der Waals surface area contributed by atoms with Gasteiger partial charge < -0.3 is 10.1 Å². The van der Waals surface area contributed by atoms with Gasteiger partial charge in [0.1, 0.15) is 5.75 Å². The molecule has 0 aromatic heterocycles. The van der Waals surface area contributed by atoms with E-state index in [1.54, 1.807) is 0 Å². The van der Waals surface area contributed by atoms with E-state index in [1.165, 1.54) is 12.8 Å². The summed E-state index contributed by atoms with van der Waals surface area (Å²) in [6, 6.07) is 8.89. The van der Waals surface area contributed by atoms with Crippen LogP contribution in [0.15, 0.2) is 36.4 Å². The van der Waals surface area contributed by atoms with Gasteiger partial charge in [0.2, 0.25) is 0 Å². The molecule has 0 aliphatic heterocycles. The van der Waals surface area contributed by atoms with Crippen LogP contribution in [-0.2, 0) is 0 Å². The number of benzene rings is 1. The molecule has 3 rings (SSSR count). The Hall–Kier alpha value is -1.44. The van der Waals surface area contributed by atoms with E-state index in [4.69, 9.17) is 4.74 Å². The highest BCUT2D eigenvalue weighted by Gasteiger charge is 2.41. The second-order valence-electron chi connectivity index (χ2n) is 6.19. The summed E-state index contributed by atoms with van der Waals surface area (Å²) in [4.78, 5) is 0. The van der Waals surface area contributed by atoms with Gasteiger partial charge in [-0.05, 0) is 36.8 Å². The van der Waals surface area contributed by atoms with Gasteiger partial charge in [-0.1, -0.05) is 38.1 Å². The quantitative estimate of drug-likeness (QED) is 0.802. The first kappa shape index (κ1) is 12.6. The zero-order chi connectivity index (χ0) is 13.2. The highest BCUT2D eigenvalue weighted by molar-refractivity contribution is 5.57. The number of ether oxygens (including phenoxy) is 1. The van der Waals surface area contributed by atoms with Crippen LogP contribution in [0.2, 0.25) is 0 Å². The van der Waals surface area contributed by atoms with Crippen molar-refractivity contribution in [2.75, 3.05) is 11.9 Å². The van der Waals surface area contributed by atoms with Gasteiger partial charge in [0.15, 0.2) is 0 Å². The molecule has 19 heavy (non-hydrogen) atoms. The van der Waals surface area contributed by atoms with Crippen LogP contribution in [0.1, 0.15) is 26.7 Å². The number of anilines is 1. The third kappa shape index (κ3) is 2.63. The van der Waals surface area contributed by atoms with Crippen molar-refractivity contribution in [3.05, 3.63) is 36.4 Å². The molecule has 2 aliphatic carbocycles. The summed E-state index contributed by atoms with van der Waals surface area (Å²) in [5, 5.41) is 3.67. The summed E-state index contributed by atoms with van der Waals surface area (Å²) in [5.41, 5.74) is 1.15. The van der Waals surface area contributed by atoms with Crippen molar-refractivity contribution in [1.82, 2.24) is 0 Å². The zero-order valence-electron chi connectivity index (χ0n) is 11.8. The van der Waals surface area contributed by atoms with E-state index in [9.17, 15) is 0 Å². The molecule has 2 heteroatoms. The Bertz CT molecular complexity index is 466. The average Bonchev–Trinajstić information content (AvgIpc) is 2.76. The summed E-state index contributed by atoms with van der Waals surface area (Å²) >= 11 is 0. The molecule has 0 amide bonds. The molecule has 3 atom stereocenters. The first-order valence-corrected chi connectivity index (χ1v) is 7.39. The maximum Gasteiger partial charge on any atom is 0.142 e. The van der Waals surface area contributed by atoms with E-state index >= 15 is 0 Å². The Labute approximate surface area is 115 Å². The van der Waals surface area contributed by atoms with E-state index < -0.39 is 0 Å². The van der Waals surface area contributed by atoms with Crippen molar-refractivity contribution in [1.29, 1.82) is 0 Å². The number of allylic oxidation sites excluding steroid dienone is 1. The van der Waals surface area contributed by atoms with Crippen molar-refractivity contribution < 1.29 is 4.74 Å². The van der Waals surface area contributed by atoms with Crippen LogP contribution in [0, 0.1) is 17.8 Å². The minimum atomic E-state index is 0.555. The average molecular weight is 257 g/mol. The van der Waals surface area contributed by atoms with Crippen LogP contribution in [-0.4, -0.2) is 12.6 Å². The van der Waals surface area contributed by atoms with Crippen LogP contribution in [0.3, 0.4) is 0 Å². The van der Waals surface area contributed by atoms with E-state index in [0.717, 1.165) is 29.9 Å². The molecule has 0 radical (unpaired) electrons. The van der Waals surface area contributed by atoms with Crippen LogP contribution >= 0.6 is 0 Å². The fourth-order valence-corrected chi connectivity index (χ4v) is 3.05. The van der Waals surface area contributed by atoms with Gasteiger partial charge in [0.25, 0.3) is 0 Å². The zero-order valence-corrected chi connectivity index (χ0v) is 11.8. The third-order valence-corrected chi connectivity index (χ3v) is 4.16. The fourth-order valence-electron chi connectivity index (χ4n) is 3.05. The Kier molecular flexibility index (Phi) is 3.50. The minimum absolute atomic E-state index is 0.555. The highest BCUT2D eigenvalue weighted by Crippen LogP contribution is 2.44. The Balaban J connectivity index is 1.65. The van der Waals surface area contributed by atoms with E-state index in [-0.39, 0.29) is 0 Å². The van der Waals surface area contributed by atoms with Gasteiger partial charge in [-0.15, -0.1) is 0 Å². The molecule has 1 N–H and O–H groups in total. The van der Waals surface area contributed by atoms with Crippen LogP contribution in [0.5, 0.6) is 5.75 Å². The molecular formula is C17H23NO. The predicted octanol–water partition coefficient (Wildman–Crippen LogP) is 4.10. The maximum absolute atomic E-state index is 5.90. The Morgan fingerprint density at radius 3 is 2.95 bits per heavy atom. The summed E-state index contributed by atoms with van der Waals surface area (Å²) < 4.78 is 5.90. The number of hydrogen-bond donors (Lipinski definition) is 1. The van der Waals surface area contributed by atoms with Gasteiger partial charge in [-0.3, -0.25) is 0 Å². The lowest BCUT2D eigenvalue weighted by molar-refractivity contribution is 0.216. The van der Waals surface area contributed by atoms with E-state index in [0.29, 0.717) is 12.0 Å². The van der Waals surface area contributed by atoms with Crippen molar-refractivity contribution in [2.24, 2.45) is 17.8 Å². The maximum atomic E-state index is 5.90. The molecule has 1 aromatic carbocycles. The highest BCUT2D eigenvalue weighted by atomic mass is 16.5. The molecule has 1 aromatic rings. The van der Waals surface area contributed by atoms with Crippen LogP contribution in [0.4, 0.5) is 5.69 Å². The van der Waals surface area contributed by atoms with Crippen molar-refractivity contribution >= 4 is 5.69 Å². The van der Waals surface area contributed by atoms with Crippen molar-refractivity contribution in [3.63, 3.8) is 0 Å². The van der Waals surface area contributed by atoms with Crippen molar-refractivity contribution in [2.45, 2.75) is 32.7 Å². The van der Waals surface area contributed by atoms with Gasteiger partial charge in [0, 0.05) is 12.0 Å². The van der Waals surface area contributed by atoms with Gasteiger partial charge in [-0.2, -0.15) is 0 Å². The number of hydrogen-bond acceptors (Lipinski definition) is 2. The monoisotopic (exact) mass is 257 g/mol. The van der Waals surface area contributed by atoms with E-state index in [2.05, 4.69) is 49.5 Å². The van der Waals surface area contributed by atoms with Gasteiger partial charge >= 0.3 is 0 Å². The molecule has 3 unspecified atom stereocenters. The Morgan fingerprint density at radius 2 is 2.16 bits per heavy atom. The molecule has 1 saturated carbocycles. The molecule has 102 valence electrons. The second-order valence-corrected chi connectivity index (χ2v) is 6.19. The number of rotatable bonds is 5. The Morgan fingerprint density at radius 1 is 1.32 bits per heavy atom. The molecule has 2 nitrogen and oxygen atoms in total. The summed E-state index contributed by atoms with van der Waals surface area (Å²) in [5.74, 6) is 3.17. The SMILES string of the molecule is CC(C)COc1ccccc1NC1CC2CC=CC21. The lowest BCUT2D eigenvalue weighted by Gasteiger charge is -2.41. The predicted molar refractivity (Wildman–Crippen MR) is 79.5 cm³/mol. The van der Waals surface area contributed by atoms with E-state index in [1.807, 2.05) is 6.07 Å². The fraction of sp³-hybridized carbons (Fsp3) is 0.529. The largest absolute Gasteiger partial charge is 0.491 e. The third-order valence-electron chi connectivity index (χ3n) is 4.16. The molecular weight excluding hydrogens is 234 g/mol. The molecule has 0 bridgehead atoms. The molecule has 0 heterocycles. The second kappa shape index (κ2) is 5.28. The molecule has 0 saturated heterocycles. The standard InChI is InChI=1S/C17H23NO/c1-12(2)11-19-17-9-4-3-8-15(17)18-16-10-13-6-5-7-14(13)16/h3-5,7-9,12-14,16,18H,6,10-11H2,1-2H3. The topological polar surface area (TPSA) is 21.3 Å². The smallest absolute Gasteiger partial charge is 0.142 e. The summed E-state index contributed by atoms with van der Waals surface area (Å²) in [7, 11) is 0. The van der Waals surface area contributed by atoms with Crippen LogP contribution < -0.4 is 10.1 Å². The van der Waals surface area contributed by atoms with Gasteiger partial charge in [0.05, 0.1) is 12.3 Å². The first-order chi connectivity index (χ1) is 9.24. The summed E-state index contributed by atoms with van der Waals surface area (Å²) in [6.45, 7) is 5.13. The summed E-state index contributed by atoms with van der Waals surface area (Å²) in [6.07, 6.45) is 7.27. The first-order valence-electron chi connectivity index (χ1n) is 7.39. The normalized spacial score (nSPS) is 28.1. The lowest BCUT2D eigenvalue weighted by atomic mass is 9.71. The molecule has 1 fully saturated rings. The van der Waals surface area contributed by atoms with Gasteiger partial charge in [-0.25, -0.2) is 0 Å². The number of fused-ring (bicyclic) bond motifs is 1.